The molecule has 10 aromatic rings. The van der Waals surface area contributed by atoms with Crippen molar-refractivity contribution >= 4 is 161 Å². The van der Waals surface area contributed by atoms with E-state index in [1.54, 1.807) is 0 Å². The van der Waals surface area contributed by atoms with Gasteiger partial charge in [0.25, 0.3) is 0 Å². The number of hydrogen-bond acceptors (Lipinski definition) is 1. The maximum Gasteiger partial charge on any atom is 0.143 e. The van der Waals surface area contributed by atoms with Crippen LogP contribution in [0.2, 0.25) is 0 Å². The second-order valence-corrected chi connectivity index (χ2v) is 18.2. The van der Waals surface area contributed by atoms with Gasteiger partial charge in [-0.2, -0.15) is 0 Å². The van der Waals surface area contributed by atoms with Crippen LogP contribution in [0.25, 0.3) is 98.8 Å². The van der Waals surface area contributed by atoms with E-state index in [1.165, 1.54) is 126 Å². The molecular weight excluding hydrogens is 715 g/mol. The zero-order valence-corrected chi connectivity index (χ0v) is 36.5. The van der Waals surface area contributed by atoms with Gasteiger partial charge < -0.3 is 4.42 Å². The highest BCUT2D eigenvalue weighted by Crippen LogP contribution is 2.51. The van der Waals surface area contributed by atoms with E-state index in [1.807, 2.05) is 0 Å². The molecule has 9 aromatic carbocycles. The molecule has 0 atom stereocenters. The van der Waals surface area contributed by atoms with Crippen LogP contribution < -0.4 is 43.7 Å². The quantitative estimate of drug-likeness (QED) is 0.189. The minimum Gasteiger partial charge on any atom is -0.455 e. The molecule has 0 radical (unpaired) electrons. The summed E-state index contributed by atoms with van der Waals surface area (Å²) in [5.74, 6) is 0. The van der Waals surface area contributed by atoms with Crippen molar-refractivity contribution in [3.63, 3.8) is 0 Å². The largest absolute Gasteiger partial charge is 0.455 e. The monoisotopic (exact) mass is 758 g/mol. The Morgan fingerprint density at radius 3 is 1.55 bits per heavy atom. The molecule has 0 saturated heterocycles. The summed E-state index contributed by atoms with van der Waals surface area (Å²) in [6.07, 6.45) is 0. The van der Waals surface area contributed by atoms with Crippen molar-refractivity contribution in [2.24, 2.45) is 0 Å². The van der Waals surface area contributed by atoms with E-state index in [-0.39, 0.29) is 5.41 Å². The van der Waals surface area contributed by atoms with Gasteiger partial charge in [-0.15, -0.1) is 21.9 Å². The molecule has 0 aliphatic heterocycles. The molecule has 1 aliphatic rings. The van der Waals surface area contributed by atoms with Crippen molar-refractivity contribution in [1.82, 2.24) is 0 Å². The summed E-state index contributed by atoms with van der Waals surface area (Å²) in [5.41, 5.74) is 26.0. The van der Waals surface area contributed by atoms with Crippen LogP contribution in [0.5, 0.6) is 0 Å². The minimum absolute atomic E-state index is 0.0437. The lowest BCUT2D eigenvalue weighted by Gasteiger charge is -2.28. The molecule has 1 heterocycles. The number of hydrogen-bond donors (Lipinski definition) is 0. The van der Waals surface area contributed by atoms with Gasteiger partial charge in [0.1, 0.15) is 73.9 Å². The molecule has 60 heavy (non-hydrogen) atoms. The van der Waals surface area contributed by atoms with Crippen molar-refractivity contribution in [2.45, 2.75) is 19.3 Å². The van der Waals surface area contributed by atoms with E-state index in [2.05, 4.69) is 198 Å². The van der Waals surface area contributed by atoms with E-state index in [4.69, 9.17) is 4.42 Å². The van der Waals surface area contributed by atoms with Crippen molar-refractivity contribution in [3.8, 4) is 44.5 Å². The summed E-state index contributed by atoms with van der Waals surface area (Å²) in [5, 5.41) is 10.2. The predicted molar refractivity (Wildman–Crippen MR) is 286 cm³/mol. The Morgan fingerprint density at radius 2 is 0.900 bits per heavy atom. The summed E-state index contributed by atoms with van der Waals surface area (Å²) in [6.45, 7) is 4.75. The second kappa shape index (κ2) is 13.0. The molecule has 0 saturated carbocycles. The topological polar surface area (TPSA) is 13.1 Å². The van der Waals surface area contributed by atoms with Crippen LogP contribution in [0.3, 0.4) is 0 Å². The van der Waals surface area contributed by atoms with E-state index in [0.29, 0.717) is 0 Å². The Kier molecular flexibility index (Phi) is 8.06. The molecule has 9 heteroatoms. The van der Waals surface area contributed by atoms with E-state index in [0.717, 1.165) is 27.3 Å². The van der Waals surface area contributed by atoms with Crippen molar-refractivity contribution < 1.29 is 4.42 Å². The fraction of sp³-hybridized carbons (Fsp3) is 0.0588. The van der Waals surface area contributed by atoms with Gasteiger partial charge in [-0.3, -0.25) is 0 Å². The highest BCUT2D eigenvalue weighted by atomic mass is 16.3. The molecule has 1 aromatic heterocycles. The first-order valence-electron chi connectivity index (χ1n) is 21.5. The van der Waals surface area contributed by atoms with Gasteiger partial charge in [-0.25, -0.2) is 0 Å². The van der Waals surface area contributed by atoms with Crippen LogP contribution in [0.15, 0.2) is 126 Å². The van der Waals surface area contributed by atoms with Crippen LogP contribution in [-0.4, -0.2) is 62.8 Å². The average molecular weight is 757 g/mol. The van der Waals surface area contributed by atoms with Crippen LogP contribution in [0.1, 0.15) is 25.0 Å². The minimum atomic E-state index is -0.0437. The molecule has 0 spiro atoms. The van der Waals surface area contributed by atoms with Gasteiger partial charge in [0.15, 0.2) is 0 Å². The van der Waals surface area contributed by atoms with E-state index < -0.39 is 0 Å². The molecule has 11 rings (SSSR count). The highest BCUT2D eigenvalue weighted by molar-refractivity contribution is 6.71. The lowest BCUT2D eigenvalue weighted by molar-refractivity contribution is 0.660. The Labute approximate surface area is 359 Å². The third-order valence-corrected chi connectivity index (χ3v) is 15.1. The maximum atomic E-state index is 6.48. The van der Waals surface area contributed by atoms with Gasteiger partial charge in [0.05, 0.1) is 0 Å². The lowest BCUT2D eigenvalue weighted by Crippen LogP contribution is -2.50. The molecule has 1 aliphatic carbocycles. The summed E-state index contributed by atoms with van der Waals surface area (Å²) < 4.78 is 6.48. The molecule has 0 N–H and O–H groups in total. The standard InChI is InChI=1S/C51H42B8O/c1-51(2)33-10-6-5-9-29(33)31-22-27(16-19-34(31)51)37-40-38(42(52)46(56)48(58)44(40)54)36(39-41(37)45(55)49(59)47(57)43(39)53)25-13-11-23(12-14-25)26-17-20-35-32(21-26)30-18-15-24-7-3-4-8-28(24)50(30)60-35/h3-22H,52-59H2,1-2H3. The number of fused-ring (bicyclic) bond motifs is 10. The zero-order valence-electron chi connectivity index (χ0n) is 36.5. The van der Waals surface area contributed by atoms with Gasteiger partial charge in [-0.05, 0) is 107 Å². The average Bonchev–Trinajstić information content (AvgIpc) is 3.76. The van der Waals surface area contributed by atoms with E-state index in [9.17, 15) is 0 Å². The number of benzene rings is 9. The maximum absolute atomic E-state index is 6.48. The SMILES string of the molecule is Bc1c(B)c(B)c2c(-c3ccc4c(c3)-c3ccccc3C4(C)C)c3c(B)c(B)c(B)c(B)c3c(-c3ccc(-c4ccc5oc6c7ccccc7ccc6c5c4)cc3)c2c1B. The molecule has 0 amide bonds. The van der Waals surface area contributed by atoms with Crippen LogP contribution in [-0.2, 0) is 5.41 Å². The Morgan fingerprint density at radius 1 is 0.383 bits per heavy atom. The predicted octanol–water partition coefficient (Wildman–Crippen LogP) is 0.420. The van der Waals surface area contributed by atoms with Crippen molar-refractivity contribution in [2.75, 3.05) is 0 Å². The number of furan rings is 1. The van der Waals surface area contributed by atoms with Gasteiger partial charge in [-0.1, -0.05) is 133 Å². The first kappa shape index (κ1) is 37.1. The fourth-order valence-corrected chi connectivity index (χ4v) is 11.1. The Hall–Kier alpha value is -5.92. The third kappa shape index (κ3) is 4.99. The smallest absolute Gasteiger partial charge is 0.143 e. The third-order valence-electron chi connectivity index (χ3n) is 15.1. The van der Waals surface area contributed by atoms with Gasteiger partial charge in [0, 0.05) is 21.6 Å². The Balaban J connectivity index is 1.18. The van der Waals surface area contributed by atoms with Gasteiger partial charge >= 0.3 is 0 Å². The number of rotatable bonds is 3. The lowest BCUT2D eigenvalue weighted by atomic mass is 9.59. The zero-order chi connectivity index (χ0) is 41.5. The molecule has 0 fully saturated rings. The summed E-state index contributed by atoms with van der Waals surface area (Å²) in [6, 6.07) is 45.3. The van der Waals surface area contributed by atoms with Crippen LogP contribution >= 0.6 is 0 Å². The van der Waals surface area contributed by atoms with E-state index >= 15 is 0 Å². The van der Waals surface area contributed by atoms with Crippen LogP contribution in [0, 0.1) is 0 Å². The summed E-state index contributed by atoms with van der Waals surface area (Å²) in [4.78, 5) is 0. The molecule has 276 valence electrons. The highest BCUT2D eigenvalue weighted by Gasteiger charge is 2.35. The molecule has 0 unspecified atom stereocenters. The van der Waals surface area contributed by atoms with Gasteiger partial charge in [0.2, 0.25) is 0 Å². The first-order chi connectivity index (χ1) is 28.9. The van der Waals surface area contributed by atoms with Crippen molar-refractivity contribution in [3.05, 3.63) is 132 Å². The molecule has 0 bridgehead atoms. The molecular formula is C51H42B8O. The Bertz CT molecular complexity index is 3470. The summed E-state index contributed by atoms with van der Waals surface area (Å²) >= 11 is 0. The molecule has 1 nitrogen and oxygen atoms in total. The van der Waals surface area contributed by atoms with Crippen molar-refractivity contribution in [1.29, 1.82) is 0 Å². The fourth-order valence-electron chi connectivity index (χ4n) is 11.1. The second-order valence-electron chi connectivity index (χ2n) is 18.2. The summed E-state index contributed by atoms with van der Waals surface area (Å²) in [7, 11) is 18.7. The first-order valence-corrected chi connectivity index (χ1v) is 21.5. The normalized spacial score (nSPS) is 13.2. The van der Waals surface area contributed by atoms with Crippen LogP contribution in [0.4, 0.5) is 0 Å².